The highest BCUT2D eigenvalue weighted by Gasteiger charge is 2.28. The normalized spacial score (nSPS) is 20.2. The van der Waals surface area contributed by atoms with Crippen LogP contribution in [-0.2, 0) is 4.79 Å². The fourth-order valence-corrected chi connectivity index (χ4v) is 7.09. The van der Waals surface area contributed by atoms with Crippen LogP contribution in [0.25, 0.3) is 0 Å². The molecule has 1 aromatic carbocycles. The second-order valence-electron chi connectivity index (χ2n) is 7.19. The number of hydrogen-bond acceptors (Lipinski definition) is 3. The quantitative estimate of drug-likeness (QED) is 0.221. The number of rotatable bonds is 10. The van der Waals surface area contributed by atoms with E-state index in [1.165, 1.54) is 74.5 Å². The van der Waals surface area contributed by atoms with E-state index in [1.807, 2.05) is 0 Å². The van der Waals surface area contributed by atoms with Crippen LogP contribution in [0.3, 0.4) is 0 Å². The van der Waals surface area contributed by atoms with E-state index in [-0.39, 0.29) is 17.6 Å². The lowest BCUT2D eigenvalue weighted by atomic mass is 10.0. The predicted molar refractivity (Wildman–Crippen MR) is 102 cm³/mol. The van der Waals surface area contributed by atoms with Gasteiger partial charge in [-0.25, -0.2) is 0 Å². The maximum absolute atomic E-state index is 12.3. The minimum Gasteiger partial charge on any atom is -0.435 e. The van der Waals surface area contributed by atoms with Gasteiger partial charge in [0.15, 0.2) is 0 Å². The Labute approximate surface area is 156 Å². The fourth-order valence-electron chi connectivity index (χ4n) is 3.61. The number of unbranched alkanes of at least 4 members (excludes halogenated alkanes) is 4. The van der Waals surface area contributed by atoms with Gasteiger partial charge in [-0.05, 0) is 37.1 Å². The van der Waals surface area contributed by atoms with Gasteiger partial charge in [-0.2, -0.15) is 8.78 Å². The molecule has 1 aliphatic heterocycles. The van der Waals surface area contributed by atoms with Gasteiger partial charge in [0.05, 0.1) is 5.92 Å². The number of benzene rings is 1. The highest BCUT2D eigenvalue weighted by Crippen LogP contribution is 2.30. The molecule has 146 valence electrons. The van der Waals surface area contributed by atoms with E-state index in [1.54, 1.807) is 0 Å². The van der Waals surface area contributed by atoms with Crippen LogP contribution in [0.5, 0.6) is 11.5 Å². The molecule has 1 saturated heterocycles. The van der Waals surface area contributed by atoms with E-state index in [9.17, 15) is 13.6 Å². The molecule has 1 heterocycles. The molecule has 26 heavy (non-hydrogen) atoms. The summed E-state index contributed by atoms with van der Waals surface area (Å²) < 4.78 is 34.0. The molecule has 0 atom stereocenters. The number of carbonyl (C=O) groups excluding carboxylic acids is 1. The number of alkyl halides is 2. The van der Waals surface area contributed by atoms with Gasteiger partial charge >= 0.3 is 12.6 Å². The second kappa shape index (κ2) is 11.3. The number of hydrogen-bond donors (Lipinski definition) is 0. The largest absolute Gasteiger partial charge is 0.435 e. The number of carbonyl (C=O) groups is 1. The third-order valence-electron chi connectivity index (χ3n) is 5.16. The van der Waals surface area contributed by atoms with Crippen LogP contribution in [0.1, 0.15) is 51.9 Å². The van der Waals surface area contributed by atoms with Crippen LogP contribution >= 0.6 is 0 Å². The SMILES string of the molecule is CCCCCCC[SiH]1CCC(C(=O)Oc2ccc(OC(F)F)cc2)CC1. The van der Waals surface area contributed by atoms with Crippen molar-refractivity contribution in [3.05, 3.63) is 24.3 Å². The van der Waals surface area contributed by atoms with Gasteiger partial charge in [0.1, 0.15) is 11.5 Å². The third-order valence-corrected chi connectivity index (χ3v) is 8.69. The predicted octanol–water partition coefficient (Wildman–Crippen LogP) is 5.80. The van der Waals surface area contributed by atoms with Crippen molar-refractivity contribution < 1.29 is 23.0 Å². The molecule has 0 saturated carbocycles. The van der Waals surface area contributed by atoms with E-state index in [2.05, 4.69) is 11.7 Å². The smallest absolute Gasteiger partial charge is 0.387 e. The summed E-state index contributed by atoms with van der Waals surface area (Å²) in [5.41, 5.74) is 0. The molecule has 6 heteroatoms. The summed E-state index contributed by atoms with van der Waals surface area (Å²) in [6.07, 6.45) is 8.58. The average molecular weight is 385 g/mol. The topological polar surface area (TPSA) is 35.5 Å². The first-order chi connectivity index (χ1) is 12.6. The van der Waals surface area contributed by atoms with Crippen molar-refractivity contribution in [3.8, 4) is 11.5 Å². The van der Waals surface area contributed by atoms with Gasteiger partial charge in [-0.1, -0.05) is 57.2 Å². The van der Waals surface area contributed by atoms with Crippen LogP contribution < -0.4 is 9.47 Å². The molecule has 0 amide bonds. The van der Waals surface area contributed by atoms with Crippen molar-refractivity contribution in [3.63, 3.8) is 0 Å². The van der Waals surface area contributed by atoms with Gasteiger partial charge in [0, 0.05) is 8.80 Å². The zero-order valence-electron chi connectivity index (χ0n) is 15.6. The summed E-state index contributed by atoms with van der Waals surface area (Å²) >= 11 is 0. The average Bonchev–Trinajstić information content (AvgIpc) is 2.63. The number of esters is 1. The summed E-state index contributed by atoms with van der Waals surface area (Å²) in [7, 11) is -0.659. The highest BCUT2D eigenvalue weighted by atomic mass is 28.3. The van der Waals surface area contributed by atoms with Gasteiger partial charge in [-0.3, -0.25) is 4.79 Å². The Morgan fingerprint density at radius 2 is 1.69 bits per heavy atom. The van der Waals surface area contributed by atoms with Gasteiger partial charge in [0.25, 0.3) is 0 Å². The molecule has 0 bridgehead atoms. The third kappa shape index (κ3) is 7.44. The van der Waals surface area contributed by atoms with Crippen molar-refractivity contribution >= 4 is 14.8 Å². The van der Waals surface area contributed by atoms with Crippen LogP contribution in [0.15, 0.2) is 24.3 Å². The monoisotopic (exact) mass is 384 g/mol. The lowest BCUT2D eigenvalue weighted by Crippen LogP contribution is -2.28. The zero-order chi connectivity index (χ0) is 18.8. The molecule has 2 rings (SSSR count). The maximum atomic E-state index is 12.3. The standard InChI is InChI=1S/C20H30F2O3Si/c1-2-3-4-5-6-13-26-14-11-16(12-15-26)19(23)24-17-7-9-18(10-8-17)25-20(21)22/h7-10,16,20,26H,2-6,11-15H2,1H3. The Kier molecular flexibility index (Phi) is 9.08. The van der Waals surface area contributed by atoms with Crippen LogP contribution in [0.4, 0.5) is 8.78 Å². The van der Waals surface area contributed by atoms with Gasteiger partial charge in [0.2, 0.25) is 0 Å². The summed E-state index contributed by atoms with van der Waals surface area (Å²) in [4.78, 5) is 12.3. The van der Waals surface area contributed by atoms with Crippen molar-refractivity contribution in [1.29, 1.82) is 0 Å². The molecule has 0 spiro atoms. The van der Waals surface area contributed by atoms with Crippen molar-refractivity contribution in [1.82, 2.24) is 0 Å². The Morgan fingerprint density at radius 1 is 1.08 bits per heavy atom. The number of halogens is 2. The van der Waals surface area contributed by atoms with Gasteiger partial charge < -0.3 is 9.47 Å². The Hall–Kier alpha value is -1.43. The molecule has 1 aromatic rings. The van der Waals surface area contributed by atoms with E-state index in [4.69, 9.17) is 4.74 Å². The molecule has 0 unspecified atom stereocenters. The Morgan fingerprint density at radius 3 is 2.31 bits per heavy atom. The molecule has 1 fully saturated rings. The molecule has 0 radical (unpaired) electrons. The van der Waals surface area contributed by atoms with E-state index in [0.717, 1.165) is 12.8 Å². The molecular formula is C20H30F2O3Si. The maximum Gasteiger partial charge on any atom is 0.387 e. The lowest BCUT2D eigenvalue weighted by molar-refractivity contribution is -0.139. The lowest BCUT2D eigenvalue weighted by Gasteiger charge is -2.26. The molecule has 0 aromatic heterocycles. The van der Waals surface area contributed by atoms with Crippen molar-refractivity contribution in [2.45, 2.75) is 76.6 Å². The molecule has 0 aliphatic carbocycles. The first-order valence-corrected chi connectivity index (χ1v) is 12.3. The number of ether oxygens (including phenoxy) is 2. The zero-order valence-corrected chi connectivity index (χ0v) is 16.7. The van der Waals surface area contributed by atoms with Crippen LogP contribution in [0, 0.1) is 5.92 Å². The molecule has 3 nitrogen and oxygen atoms in total. The van der Waals surface area contributed by atoms with Gasteiger partial charge in [-0.15, -0.1) is 0 Å². The van der Waals surface area contributed by atoms with E-state index in [0.29, 0.717) is 5.75 Å². The first kappa shape index (κ1) is 20.9. The summed E-state index contributed by atoms with van der Waals surface area (Å²) in [5.74, 6) is 0.232. The molecule has 0 N–H and O–H groups in total. The van der Waals surface area contributed by atoms with Crippen LogP contribution in [0.2, 0.25) is 18.1 Å². The van der Waals surface area contributed by atoms with E-state index >= 15 is 0 Å². The summed E-state index contributed by atoms with van der Waals surface area (Å²) in [6.45, 7) is -0.616. The Balaban J connectivity index is 1.68. The van der Waals surface area contributed by atoms with E-state index < -0.39 is 15.4 Å². The minimum atomic E-state index is -2.85. The van der Waals surface area contributed by atoms with Crippen molar-refractivity contribution in [2.24, 2.45) is 5.92 Å². The first-order valence-electron chi connectivity index (χ1n) is 9.85. The molecule has 1 aliphatic rings. The summed E-state index contributed by atoms with van der Waals surface area (Å²) in [5, 5.41) is 0. The highest BCUT2D eigenvalue weighted by molar-refractivity contribution is 6.59. The minimum absolute atomic E-state index is 0.0177. The van der Waals surface area contributed by atoms with Crippen LogP contribution in [-0.4, -0.2) is 21.4 Å². The second-order valence-corrected chi connectivity index (χ2v) is 10.7. The Bertz CT molecular complexity index is 528. The summed E-state index contributed by atoms with van der Waals surface area (Å²) in [6, 6.07) is 9.63. The molecular weight excluding hydrogens is 354 g/mol. The van der Waals surface area contributed by atoms with Crippen molar-refractivity contribution in [2.75, 3.05) is 0 Å². The fraction of sp³-hybridized carbons (Fsp3) is 0.650.